The van der Waals surface area contributed by atoms with Crippen molar-refractivity contribution in [3.63, 3.8) is 0 Å². The largest absolute Gasteiger partial charge is 0.349 e. The number of fused-ring (bicyclic) bond motifs is 5. The number of halogens is 1. The van der Waals surface area contributed by atoms with E-state index in [2.05, 4.69) is 54.0 Å². The molecule has 1 aromatic carbocycles. The molecule has 1 heterocycles. The second-order valence-electron chi connectivity index (χ2n) is 11.9. The lowest BCUT2D eigenvalue weighted by Crippen LogP contribution is -2.51. The molecule has 1 N–H and O–H groups in total. The number of rotatable bonds is 3. The first kappa shape index (κ1) is 22.8. The van der Waals surface area contributed by atoms with E-state index in [4.69, 9.17) is 0 Å². The van der Waals surface area contributed by atoms with Crippen molar-refractivity contribution in [1.29, 1.82) is 0 Å². The van der Waals surface area contributed by atoms with Crippen LogP contribution in [-0.4, -0.2) is 21.5 Å². The van der Waals surface area contributed by atoms with Crippen molar-refractivity contribution in [2.75, 3.05) is 0 Å². The Morgan fingerprint density at radius 3 is 2.57 bits per heavy atom. The Bertz CT molecular complexity index is 1210. The SMILES string of the molecule is Cc1cn(C2=CC[C@H]3[C@@H]4CC=C5C[C@@H](NC(=O)c6ccc(F)cc6)CC[C@]5(C)[C@H]4CC[C@]23C)cn1. The Morgan fingerprint density at radius 2 is 1.83 bits per heavy atom. The second kappa shape index (κ2) is 8.18. The molecule has 0 unspecified atom stereocenters. The van der Waals surface area contributed by atoms with Crippen LogP contribution in [0.5, 0.6) is 0 Å². The van der Waals surface area contributed by atoms with Crippen LogP contribution in [-0.2, 0) is 0 Å². The molecule has 1 aromatic heterocycles. The van der Waals surface area contributed by atoms with Gasteiger partial charge in [0, 0.05) is 28.9 Å². The number of hydrogen-bond donors (Lipinski definition) is 1. The molecule has 2 fully saturated rings. The molecule has 0 saturated heterocycles. The number of nitrogens with zero attached hydrogens (tertiary/aromatic N) is 2. The van der Waals surface area contributed by atoms with Crippen LogP contribution in [0.25, 0.3) is 5.70 Å². The van der Waals surface area contributed by atoms with E-state index in [0.29, 0.717) is 23.3 Å². The van der Waals surface area contributed by atoms with Crippen LogP contribution < -0.4 is 5.32 Å². The standard InChI is InChI=1S/C30H36FN3O/c1-19-17-34(18-32-19)27-11-10-25-24-9-6-21-16-23(33-28(35)20-4-7-22(31)8-5-20)12-14-29(21,2)26(24)13-15-30(25,27)3/h4-8,11,17-18,23-26H,9-10,12-16H2,1-3H3,(H,33,35)/t23-,24-,25-,26-,29-,30-/m0/s1. The summed E-state index contributed by atoms with van der Waals surface area (Å²) in [5, 5.41) is 3.23. The number of allylic oxidation sites excluding steroid dienone is 3. The minimum atomic E-state index is -0.315. The molecule has 0 bridgehead atoms. The van der Waals surface area contributed by atoms with Gasteiger partial charge in [0.15, 0.2) is 0 Å². The highest BCUT2D eigenvalue weighted by Crippen LogP contribution is 2.65. The first-order valence-electron chi connectivity index (χ1n) is 13.3. The number of hydrogen-bond acceptors (Lipinski definition) is 2. The molecule has 4 aliphatic rings. The number of carbonyl (C=O) groups excluding carboxylic acids is 1. The monoisotopic (exact) mass is 473 g/mol. The highest BCUT2D eigenvalue weighted by molar-refractivity contribution is 5.94. The van der Waals surface area contributed by atoms with E-state index < -0.39 is 0 Å². The molecule has 0 spiro atoms. The number of aromatic nitrogens is 2. The summed E-state index contributed by atoms with van der Waals surface area (Å²) < 4.78 is 15.5. The Morgan fingerprint density at radius 1 is 1.06 bits per heavy atom. The third-order valence-electron chi connectivity index (χ3n) is 10.1. The molecular weight excluding hydrogens is 437 g/mol. The predicted octanol–water partition coefficient (Wildman–Crippen LogP) is 6.54. The van der Waals surface area contributed by atoms with Gasteiger partial charge in [-0.2, -0.15) is 0 Å². The minimum Gasteiger partial charge on any atom is -0.349 e. The average Bonchev–Trinajstić information content (AvgIpc) is 3.42. The topological polar surface area (TPSA) is 46.9 Å². The molecule has 4 aliphatic carbocycles. The number of imidazole rings is 1. The molecule has 5 heteroatoms. The number of amides is 1. The molecule has 4 nitrogen and oxygen atoms in total. The van der Waals surface area contributed by atoms with Crippen LogP contribution in [0.15, 0.2) is 54.5 Å². The summed E-state index contributed by atoms with van der Waals surface area (Å²) in [6.45, 7) is 7.06. The van der Waals surface area contributed by atoms with Crippen LogP contribution in [0.1, 0.15) is 74.8 Å². The third-order valence-corrected chi connectivity index (χ3v) is 10.1. The van der Waals surface area contributed by atoms with E-state index >= 15 is 0 Å². The van der Waals surface area contributed by atoms with Crippen molar-refractivity contribution < 1.29 is 9.18 Å². The zero-order valence-corrected chi connectivity index (χ0v) is 21.1. The third kappa shape index (κ3) is 3.61. The van der Waals surface area contributed by atoms with E-state index in [1.165, 1.54) is 37.1 Å². The molecule has 2 saturated carbocycles. The average molecular weight is 474 g/mol. The molecule has 184 valence electrons. The van der Waals surface area contributed by atoms with E-state index in [0.717, 1.165) is 31.4 Å². The smallest absolute Gasteiger partial charge is 0.251 e. The van der Waals surface area contributed by atoms with E-state index in [9.17, 15) is 9.18 Å². The number of nitrogens with one attached hydrogen (secondary N) is 1. The maximum absolute atomic E-state index is 13.2. The van der Waals surface area contributed by atoms with Gasteiger partial charge in [-0.15, -0.1) is 0 Å². The van der Waals surface area contributed by atoms with Crippen molar-refractivity contribution in [2.24, 2.45) is 28.6 Å². The molecule has 2 aromatic rings. The normalized spacial score (nSPS) is 35.9. The van der Waals surface area contributed by atoms with Gasteiger partial charge < -0.3 is 9.88 Å². The summed E-state index contributed by atoms with van der Waals surface area (Å²) in [6, 6.07) is 5.99. The number of carbonyl (C=O) groups is 1. The Kier molecular flexibility index (Phi) is 5.32. The van der Waals surface area contributed by atoms with Crippen LogP contribution in [0.2, 0.25) is 0 Å². The Labute approximate surface area is 207 Å². The minimum absolute atomic E-state index is 0.0966. The lowest BCUT2D eigenvalue weighted by atomic mass is 9.47. The molecule has 6 rings (SSSR count). The zero-order valence-electron chi connectivity index (χ0n) is 21.1. The van der Waals surface area contributed by atoms with Crippen molar-refractivity contribution in [1.82, 2.24) is 14.9 Å². The van der Waals surface area contributed by atoms with Gasteiger partial charge >= 0.3 is 0 Å². The maximum atomic E-state index is 13.2. The molecule has 35 heavy (non-hydrogen) atoms. The van der Waals surface area contributed by atoms with Gasteiger partial charge in [0.25, 0.3) is 5.91 Å². The highest BCUT2D eigenvalue weighted by Gasteiger charge is 2.57. The fourth-order valence-corrected chi connectivity index (χ4v) is 8.15. The predicted molar refractivity (Wildman–Crippen MR) is 136 cm³/mol. The summed E-state index contributed by atoms with van der Waals surface area (Å²) in [7, 11) is 0. The van der Waals surface area contributed by atoms with Crippen LogP contribution in [0.3, 0.4) is 0 Å². The first-order chi connectivity index (χ1) is 16.8. The van der Waals surface area contributed by atoms with Gasteiger partial charge in [0.05, 0.1) is 12.0 Å². The Balaban J connectivity index is 1.18. The molecule has 0 radical (unpaired) electrons. The van der Waals surface area contributed by atoms with Gasteiger partial charge in [-0.1, -0.05) is 31.6 Å². The maximum Gasteiger partial charge on any atom is 0.251 e. The van der Waals surface area contributed by atoms with Crippen molar-refractivity contribution >= 4 is 11.6 Å². The van der Waals surface area contributed by atoms with Crippen molar-refractivity contribution in [3.8, 4) is 0 Å². The lowest BCUT2D eigenvalue weighted by Gasteiger charge is -2.58. The van der Waals surface area contributed by atoms with Crippen molar-refractivity contribution in [2.45, 2.75) is 71.8 Å². The van der Waals surface area contributed by atoms with Crippen LogP contribution in [0, 0.1) is 41.3 Å². The van der Waals surface area contributed by atoms with Gasteiger partial charge in [-0.3, -0.25) is 4.79 Å². The summed E-state index contributed by atoms with van der Waals surface area (Å²) in [5.41, 5.74) is 5.06. The molecule has 6 atom stereocenters. The van der Waals surface area contributed by atoms with Gasteiger partial charge in [0.2, 0.25) is 0 Å². The fourth-order valence-electron chi connectivity index (χ4n) is 8.15. The zero-order chi connectivity index (χ0) is 24.4. The summed E-state index contributed by atoms with van der Waals surface area (Å²) in [6.07, 6.45) is 17.1. The molecular formula is C30H36FN3O. The second-order valence-corrected chi connectivity index (χ2v) is 11.9. The summed E-state index contributed by atoms with van der Waals surface area (Å²) in [5.74, 6) is 1.70. The lowest BCUT2D eigenvalue weighted by molar-refractivity contribution is -0.0137. The number of benzene rings is 1. The number of aryl methyl sites for hydroxylation is 1. The Hall–Kier alpha value is -2.69. The van der Waals surface area contributed by atoms with E-state index in [1.807, 2.05) is 6.33 Å². The van der Waals surface area contributed by atoms with Gasteiger partial charge in [-0.25, -0.2) is 9.37 Å². The highest BCUT2D eigenvalue weighted by atomic mass is 19.1. The van der Waals surface area contributed by atoms with E-state index in [-0.39, 0.29) is 28.6 Å². The van der Waals surface area contributed by atoms with E-state index in [1.54, 1.807) is 17.7 Å². The van der Waals surface area contributed by atoms with Crippen LogP contribution in [0.4, 0.5) is 4.39 Å². The molecule has 0 aliphatic heterocycles. The van der Waals surface area contributed by atoms with Gasteiger partial charge in [-0.05, 0) is 99.3 Å². The summed E-state index contributed by atoms with van der Waals surface area (Å²) >= 11 is 0. The summed E-state index contributed by atoms with van der Waals surface area (Å²) in [4.78, 5) is 17.2. The quantitative estimate of drug-likeness (QED) is 0.514. The van der Waals surface area contributed by atoms with Gasteiger partial charge in [0.1, 0.15) is 5.82 Å². The van der Waals surface area contributed by atoms with Crippen LogP contribution >= 0.6 is 0 Å². The molecule has 1 amide bonds. The van der Waals surface area contributed by atoms with Crippen molar-refractivity contribution in [3.05, 3.63) is 71.6 Å². The first-order valence-corrected chi connectivity index (χ1v) is 13.3. The fraction of sp³-hybridized carbons (Fsp3) is 0.533.